The van der Waals surface area contributed by atoms with Gasteiger partial charge in [-0.15, -0.1) is 6.58 Å². The number of allylic oxidation sites excluding steroid dienone is 2. The van der Waals surface area contributed by atoms with Crippen LogP contribution in [0, 0.1) is 0 Å². The van der Waals surface area contributed by atoms with E-state index in [1.165, 1.54) is 0 Å². The third kappa shape index (κ3) is 5.80. The summed E-state index contributed by atoms with van der Waals surface area (Å²) in [5.74, 6) is 2.31. The third-order valence-corrected chi connectivity index (χ3v) is 4.25. The van der Waals surface area contributed by atoms with Gasteiger partial charge in [-0.05, 0) is 53.4 Å². The van der Waals surface area contributed by atoms with Crippen molar-refractivity contribution in [3.63, 3.8) is 0 Å². The van der Waals surface area contributed by atoms with E-state index in [9.17, 15) is 4.79 Å². The van der Waals surface area contributed by atoms with Crippen molar-refractivity contribution in [2.24, 2.45) is 0 Å². The van der Waals surface area contributed by atoms with Crippen molar-refractivity contribution in [3.8, 4) is 0 Å². The van der Waals surface area contributed by atoms with Crippen LogP contribution in [-0.4, -0.2) is 24.1 Å². The number of ketones is 1. The minimum Gasteiger partial charge on any atom is -0.400 e. The Balaban J connectivity index is 2.19. The molecule has 1 rings (SSSR count). The van der Waals surface area contributed by atoms with Gasteiger partial charge in [0.05, 0.1) is 11.2 Å². The molecule has 4 heteroatoms. The average molecular weight is 292 g/mol. The standard InChI is InChI=1S/C17H29BO3/c1-6-7-9-12-15(19)13-10-8-11-14-18-20-16(2,3)17(4,5)21-18/h6,11,14H,1,7-10,12-13H2,2-5H3/b14-11+. The van der Waals surface area contributed by atoms with Crippen LogP contribution in [0.2, 0.25) is 0 Å². The van der Waals surface area contributed by atoms with E-state index in [4.69, 9.17) is 9.31 Å². The summed E-state index contributed by atoms with van der Waals surface area (Å²) in [6.45, 7) is 11.8. The van der Waals surface area contributed by atoms with E-state index < -0.39 is 0 Å². The van der Waals surface area contributed by atoms with Gasteiger partial charge < -0.3 is 9.31 Å². The summed E-state index contributed by atoms with van der Waals surface area (Å²) in [7, 11) is -0.279. The molecule has 1 heterocycles. The summed E-state index contributed by atoms with van der Waals surface area (Å²) in [4.78, 5) is 11.6. The third-order valence-electron chi connectivity index (χ3n) is 4.25. The lowest BCUT2D eigenvalue weighted by Crippen LogP contribution is -2.41. The first kappa shape index (κ1) is 18.2. The van der Waals surface area contributed by atoms with Crippen LogP contribution in [0.5, 0.6) is 0 Å². The van der Waals surface area contributed by atoms with Crippen molar-refractivity contribution in [2.75, 3.05) is 0 Å². The molecule has 0 aliphatic carbocycles. The SMILES string of the molecule is C=CCCCC(=O)CCC/C=C/B1OC(C)(C)C(C)(C)O1. The van der Waals surface area contributed by atoms with Gasteiger partial charge in [-0.1, -0.05) is 18.1 Å². The van der Waals surface area contributed by atoms with Gasteiger partial charge in [-0.2, -0.15) is 0 Å². The molecule has 0 unspecified atom stereocenters. The Bertz CT molecular complexity index is 369. The number of rotatable bonds is 9. The molecule has 0 spiro atoms. The van der Waals surface area contributed by atoms with Gasteiger partial charge in [0.25, 0.3) is 0 Å². The molecule has 0 bridgehead atoms. The molecule has 0 aromatic carbocycles. The van der Waals surface area contributed by atoms with Crippen molar-refractivity contribution >= 4 is 12.9 Å². The first-order valence-corrected chi connectivity index (χ1v) is 7.93. The van der Waals surface area contributed by atoms with Crippen LogP contribution in [0.25, 0.3) is 0 Å². The molecule has 0 saturated carbocycles. The Hall–Kier alpha value is -0.865. The van der Waals surface area contributed by atoms with Crippen molar-refractivity contribution in [1.29, 1.82) is 0 Å². The summed E-state index contributed by atoms with van der Waals surface area (Å²) in [6, 6.07) is 0. The highest BCUT2D eigenvalue weighted by Gasteiger charge is 2.49. The molecule has 3 nitrogen and oxygen atoms in total. The number of carbonyl (C=O) groups is 1. The number of hydrogen-bond donors (Lipinski definition) is 0. The summed E-state index contributed by atoms with van der Waals surface area (Å²) >= 11 is 0. The van der Waals surface area contributed by atoms with Crippen LogP contribution >= 0.6 is 0 Å². The van der Waals surface area contributed by atoms with Gasteiger partial charge in [0.15, 0.2) is 0 Å². The van der Waals surface area contributed by atoms with E-state index >= 15 is 0 Å². The second kappa shape index (κ2) is 7.95. The smallest absolute Gasteiger partial charge is 0.400 e. The van der Waals surface area contributed by atoms with E-state index in [1.807, 2.05) is 39.7 Å². The van der Waals surface area contributed by atoms with Gasteiger partial charge in [-0.25, -0.2) is 0 Å². The molecule has 118 valence electrons. The molecule has 1 fully saturated rings. The second-order valence-electron chi connectivity index (χ2n) is 6.66. The maximum atomic E-state index is 11.6. The topological polar surface area (TPSA) is 35.5 Å². The van der Waals surface area contributed by atoms with Gasteiger partial charge >= 0.3 is 7.12 Å². The quantitative estimate of drug-likeness (QED) is 0.361. The molecule has 0 atom stereocenters. The minimum atomic E-state index is -0.289. The van der Waals surface area contributed by atoms with Gasteiger partial charge in [0.1, 0.15) is 5.78 Å². The van der Waals surface area contributed by atoms with E-state index in [0.29, 0.717) is 18.6 Å². The largest absolute Gasteiger partial charge is 0.486 e. The van der Waals surface area contributed by atoms with Gasteiger partial charge in [-0.3, -0.25) is 4.79 Å². The zero-order valence-corrected chi connectivity index (χ0v) is 14.0. The van der Waals surface area contributed by atoms with Crippen LogP contribution in [0.3, 0.4) is 0 Å². The Kier molecular flexibility index (Phi) is 6.88. The first-order valence-electron chi connectivity index (χ1n) is 7.93. The van der Waals surface area contributed by atoms with Crippen LogP contribution in [0.4, 0.5) is 0 Å². The number of hydrogen-bond acceptors (Lipinski definition) is 3. The predicted molar refractivity (Wildman–Crippen MR) is 88.1 cm³/mol. The Morgan fingerprint density at radius 2 is 1.57 bits per heavy atom. The average Bonchev–Trinajstić information content (AvgIpc) is 2.57. The molecular weight excluding hydrogens is 263 g/mol. The lowest BCUT2D eigenvalue weighted by molar-refractivity contribution is -0.119. The zero-order valence-electron chi connectivity index (χ0n) is 14.0. The molecule has 0 amide bonds. The Labute approximate surface area is 129 Å². The monoisotopic (exact) mass is 292 g/mol. The van der Waals surface area contributed by atoms with Crippen molar-refractivity contribution in [3.05, 3.63) is 24.7 Å². The molecule has 0 aromatic rings. The lowest BCUT2D eigenvalue weighted by Gasteiger charge is -2.32. The van der Waals surface area contributed by atoms with Crippen LogP contribution in [-0.2, 0) is 14.1 Å². The zero-order chi connectivity index (χ0) is 15.9. The highest BCUT2D eigenvalue weighted by molar-refractivity contribution is 6.51. The first-order chi connectivity index (χ1) is 9.78. The number of unbranched alkanes of at least 4 members (excludes halogenated alkanes) is 2. The lowest BCUT2D eigenvalue weighted by atomic mass is 9.89. The fourth-order valence-corrected chi connectivity index (χ4v) is 2.16. The van der Waals surface area contributed by atoms with Crippen LogP contribution in [0.1, 0.15) is 66.2 Å². The van der Waals surface area contributed by atoms with Crippen LogP contribution < -0.4 is 0 Å². The summed E-state index contributed by atoms with van der Waals surface area (Å²) in [5.41, 5.74) is -0.577. The van der Waals surface area contributed by atoms with E-state index in [-0.39, 0.29) is 18.3 Å². The molecule has 0 radical (unpaired) electrons. The van der Waals surface area contributed by atoms with Gasteiger partial charge in [0.2, 0.25) is 0 Å². The highest BCUT2D eigenvalue weighted by Crippen LogP contribution is 2.36. The Morgan fingerprint density at radius 1 is 1.05 bits per heavy atom. The van der Waals surface area contributed by atoms with Crippen molar-refractivity contribution < 1.29 is 14.1 Å². The molecule has 1 aliphatic heterocycles. The molecule has 0 aromatic heterocycles. The normalized spacial score (nSPS) is 20.1. The molecule has 1 aliphatic rings. The minimum absolute atomic E-state index is 0.279. The molecule has 1 saturated heterocycles. The van der Waals surface area contributed by atoms with E-state index in [1.54, 1.807) is 0 Å². The van der Waals surface area contributed by atoms with Crippen molar-refractivity contribution in [1.82, 2.24) is 0 Å². The summed E-state index contributed by atoms with van der Waals surface area (Å²) in [6.07, 6.45) is 8.87. The second-order valence-corrected chi connectivity index (χ2v) is 6.66. The van der Waals surface area contributed by atoms with Crippen LogP contribution in [0.15, 0.2) is 24.7 Å². The fourth-order valence-electron chi connectivity index (χ4n) is 2.16. The molecular formula is C17H29BO3. The maximum absolute atomic E-state index is 11.6. The molecule has 0 N–H and O–H groups in total. The Morgan fingerprint density at radius 3 is 2.10 bits per heavy atom. The van der Waals surface area contributed by atoms with Crippen molar-refractivity contribution in [2.45, 2.75) is 77.4 Å². The summed E-state index contributed by atoms with van der Waals surface area (Å²) < 4.78 is 11.7. The highest BCUT2D eigenvalue weighted by atomic mass is 16.7. The predicted octanol–water partition coefficient (Wildman–Crippen LogP) is 4.27. The maximum Gasteiger partial charge on any atom is 0.486 e. The van der Waals surface area contributed by atoms with Gasteiger partial charge in [0, 0.05) is 12.8 Å². The summed E-state index contributed by atoms with van der Waals surface area (Å²) in [5, 5.41) is 0. The fraction of sp³-hybridized carbons (Fsp3) is 0.706. The van der Waals surface area contributed by atoms with E-state index in [0.717, 1.165) is 25.7 Å². The van der Waals surface area contributed by atoms with E-state index in [2.05, 4.69) is 12.7 Å². The number of Topliss-reactive ketones (excluding diaryl/α,β-unsaturated/α-hetero) is 1. The molecule has 21 heavy (non-hydrogen) atoms. The number of carbonyl (C=O) groups excluding carboxylic acids is 1.